The van der Waals surface area contributed by atoms with Crippen molar-refractivity contribution in [2.45, 2.75) is 0 Å². The number of ether oxygens (including phenoxy) is 3. The molecule has 7 nitrogen and oxygen atoms in total. The molecule has 0 atom stereocenters. The van der Waals surface area contributed by atoms with Crippen LogP contribution in [0.4, 0.5) is 0 Å². The summed E-state index contributed by atoms with van der Waals surface area (Å²) in [4.78, 5) is 0. The van der Waals surface area contributed by atoms with Crippen LogP contribution in [0, 0.1) is 0 Å². The van der Waals surface area contributed by atoms with Crippen LogP contribution in [0.2, 0.25) is 0 Å². The molecule has 0 aliphatic rings. The highest BCUT2D eigenvalue weighted by atomic mass is 16.5. The van der Waals surface area contributed by atoms with Gasteiger partial charge in [0.05, 0.1) is 33.2 Å². The third-order valence-corrected chi connectivity index (χ3v) is 3.64. The van der Waals surface area contributed by atoms with Gasteiger partial charge in [0.25, 0.3) is 0 Å². The summed E-state index contributed by atoms with van der Waals surface area (Å²) in [5, 5.41) is 18.2. The average molecular weight is 327 g/mol. The first-order chi connectivity index (χ1) is 11.7. The topological polar surface area (TPSA) is 78.6 Å². The highest BCUT2D eigenvalue weighted by molar-refractivity contribution is 5.65. The van der Waals surface area contributed by atoms with E-state index in [-0.39, 0.29) is 5.75 Å². The average Bonchev–Trinajstić information content (AvgIpc) is 3.11. The fourth-order valence-corrected chi connectivity index (χ4v) is 2.40. The number of aromatic hydroxyl groups is 1. The van der Waals surface area contributed by atoms with Crippen molar-refractivity contribution in [1.82, 2.24) is 15.0 Å². The summed E-state index contributed by atoms with van der Waals surface area (Å²) < 4.78 is 17.3. The van der Waals surface area contributed by atoms with Crippen LogP contribution in [0.5, 0.6) is 23.0 Å². The number of aromatic nitrogens is 3. The molecule has 24 heavy (non-hydrogen) atoms. The van der Waals surface area contributed by atoms with Crippen LogP contribution < -0.4 is 14.2 Å². The largest absolute Gasteiger partial charge is 0.504 e. The van der Waals surface area contributed by atoms with Crippen LogP contribution >= 0.6 is 0 Å². The van der Waals surface area contributed by atoms with Crippen LogP contribution in [-0.4, -0.2) is 41.4 Å². The van der Waals surface area contributed by atoms with Crippen molar-refractivity contribution < 1.29 is 19.3 Å². The van der Waals surface area contributed by atoms with Gasteiger partial charge in [-0.05, 0) is 24.3 Å². The van der Waals surface area contributed by atoms with E-state index < -0.39 is 0 Å². The van der Waals surface area contributed by atoms with Crippen molar-refractivity contribution >= 4 is 0 Å². The Morgan fingerprint density at radius 1 is 0.917 bits per heavy atom. The molecule has 0 saturated carbocycles. The van der Waals surface area contributed by atoms with Crippen molar-refractivity contribution in [3.05, 3.63) is 42.6 Å². The Morgan fingerprint density at radius 3 is 2.25 bits per heavy atom. The minimum Gasteiger partial charge on any atom is -0.504 e. The Morgan fingerprint density at radius 2 is 1.62 bits per heavy atom. The van der Waals surface area contributed by atoms with Gasteiger partial charge in [0, 0.05) is 17.7 Å². The predicted molar refractivity (Wildman–Crippen MR) is 88.1 cm³/mol. The summed E-state index contributed by atoms with van der Waals surface area (Å²) in [6.45, 7) is 0. The van der Waals surface area contributed by atoms with Crippen LogP contribution in [0.1, 0.15) is 0 Å². The lowest BCUT2D eigenvalue weighted by Gasteiger charge is -2.13. The number of phenolic OH excluding ortho intramolecular Hbond substituents is 1. The summed E-state index contributed by atoms with van der Waals surface area (Å²) in [6, 6.07) is 10.7. The molecule has 3 aromatic rings. The van der Waals surface area contributed by atoms with Gasteiger partial charge in [0.15, 0.2) is 11.5 Å². The maximum Gasteiger partial charge on any atom is 0.164 e. The molecule has 0 aliphatic carbocycles. The normalized spacial score (nSPS) is 10.5. The zero-order valence-corrected chi connectivity index (χ0v) is 13.6. The van der Waals surface area contributed by atoms with Crippen LogP contribution in [0.3, 0.4) is 0 Å². The second-order valence-electron chi connectivity index (χ2n) is 4.96. The van der Waals surface area contributed by atoms with Gasteiger partial charge < -0.3 is 19.3 Å². The molecule has 1 aromatic heterocycles. The van der Waals surface area contributed by atoms with Gasteiger partial charge in [-0.2, -0.15) is 0 Å². The molecule has 0 unspecified atom stereocenters. The molecule has 7 heteroatoms. The number of benzene rings is 2. The summed E-state index contributed by atoms with van der Waals surface area (Å²) >= 11 is 0. The van der Waals surface area contributed by atoms with E-state index in [1.807, 2.05) is 24.3 Å². The molecular formula is C17H17N3O4. The van der Waals surface area contributed by atoms with Crippen molar-refractivity contribution in [1.29, 1.82) is 0 Å². The molecule has 0 bridgehead atoms. The molecule has 0 radical (unpaired) electrons. The Bertz CT molecular complexity index is 844. The minimum absolute atomic E-state index is 0.00974. The molecule has 2 aromatic carbocycles. The van der Waals surface area contributed by atoms with Crippen LogP contribution in [0.25, 0.3) is 16.9 Å². The summed E-state index contributed by atoms with van der Waals surface area (Å²) in [5.41, 5.74) is 2.21. The lowest BCUT2D eigenvalue weighted by molar-refractivity contribution is 0.363. The standard InChI is InChI=1S/C17H17N3O4/c1-22-12-6-4-11(5-7-12)14-10-18-19-20(14)13-8-15(21)17(24-3)9-16(13)23-2/h4-10,21H,1-3H3. The third-order valence-electron chi connectivity index (χ3n) is 3.64. The van der Waals surface area contributed by atoms with Crippen LogP contribution in [0.15, 0.2) is 42.6 Å². The van der Waals surface area contributed by atoms with E-state index in [2.05, 4.69) is 10.3 Å². The van der Waals surface area contributed by atoms with Gasteiger partial charge in [0.2, 0.25) is 0 Å². The van der Waals surface area contributed by atoms with E-state index in [9.17, 15) is 5.11 Å². The lowest BCUT2D eigenvalue weighted by atomic mass is 10.1. The molecule has 0 fully saturated rings. The summed E-state index contributed by atoms with van der Waals surface area (Å²) in [5.74, 6) is 1.58. The SMILES string of the molecule is COc1ccc(-c2cnnn2-c2cc(O)c(OC)cc2OC)cc1. The number of phenols is 1. The molecule has 1 N–H and O–H groups in total. The predicted octanol–water partition coefficient (Wildman–Crippen LogP) is 2.67. The maximum atomic E-state index is 10.1. The van der Waals surface area contributed by atoms with E-state index in [1.165, 1.54) is 13.2 Å². The second-order valence-corrected chi connectivity index (χ2v) is 4.96. The molecule has 0 saturated heterocycles. The molecule has 124 valence electrons. The van der Waals surface area contributed by atoms with Gasteiger partial charge in [-0.25, -0.2) is 4.68 Å². The summed E-state index contributed by atoms with van der Waals surface area (Å²) in [6.07, 6.45) is 1.64. The molecule has 3 rings (SSSR count). The van der Waals surface area contributed by atoms with E-state index >= 15 is 0 Å². The Kier molecular flexibility index (Phi) is 4.24. The lowest BCUT2D eigenvalue weighted by Crippen LogP contribution is -2.03. The van der Waals surface area contributed by atoms with Gasteiger partial charge in [-0.15, -0.1) is 5.10 Å². The van der Waals surface area contributed by atoms with Crippen molar-refractivity contribution in [2.75, 3.05) is 21.3 Å². The molecule has 0 aliphatic heterocycles. The van der Waals surface area contributed by atoms with E-state index in [4.69, 9.17) is 14.2 Å². The second kappa shape index (κ2) is 6.49. The number of nitrogens with zero attached hydrogens (tertiary/aromatic N) is 3. The van der Waals surface area contributed by atoms with Gasteiger partial charge >= 0.3 is 0 Å². The van der Waals surface area contributed by atoms with E-state index in [0.717, 1.165) is 17.0 Å². The maximum absolute atomic E-state index is 10.1. The molecular weight excluding hydrogens is 310 g/mol. The smallest absolute Gasteiger partial charge is 0.164 e. The first kappa shape index (κ1) is 15.7. The highest BCUT2D eigenvalue weighted by Crippen LogP contribution is 2.37. The monoisotopic (exact) mass is 327 g/mol. The number of hydrogen-bond donors (Lipinski definition) is 1. The van der Waals surface area contributed by atoms with Gasteiger partial charge in [-0.3, -0.25) is 0 Å². The van der Waals surface area contributed by atoms with Crippen molar-refractivity contribution in [3.63, 3.8) is 0 Å². The number of hydrogen-bond acceptors (Lipinski definition) is 6. The highest BCUT2D eigenvalue weighted by Gasteiger charge is 2.16. The summed E-state index contributed by atoms with van der Waals surface area (Å²) in [7, 11) is 4.64. The first-order valence-corrected chi connectivity index (χ1v) is 7.18. The Balaban J connectivity index is 2.11. The van der Waals surface area contributed by atoms with E-state index in [0.29, 0.717) is 17.2 Å². The molecule has 1 heterocycles. The third kappa shape index (κ3) is 2.71. The Labute approximate surface area is 139 Å². The fourth-order valence-electron chi connectivity index (χ4n) is 2.40. The zero-order chi connectivity index (χ0) is 17.1. The van der Waals surface area contributed by atoms with Crippen LogP contribution in [-0.2, 0) is 0 Å². The first-order valence-electron chi connectivity index (χ1n) is 7.18. The molecule has 0 amide bonds. The van der Waals surface area contributed by atoms with Crippen molar-refractivity contribution in [3.8, 4) is 39.9 Å². The number of rotatable bonds is 5. The molecule has 0 spiro atoms. The van der Waals surface area contributed by atoms with Crippen molar-refractivity contribution in [2.24, 2.45) is 0 Å². The van der Waals surface area contributed by atoms with Gasteiger partial charge in [-0.1, -0.05) is 5.21 Å². The van der Waals surface area contributed by atoms with Gasteiger partial charge in [0.1, 0.15) is 17.2 Å². The quantitative estimate of drug-likeness (QED) is 0.776. The van der Waals surface area contributed by atoms with E-state index in [1.54, 1.807) is 31.2 Å². The minimum atomic E-state index is -0.00974. The Hall–Kier alpha value is -3.22. The number of methoxy groups -OCH3 is 3. The fraction of sp³-hybridized carbons (Fsp3) is 0.176. The zero-order valence-electron chi connectivity index (χ0n) is 13.6.